The van der Waals surface area contributed by atoms with E-state index in [9.17, 15) is 18.4 Å². The average Bonchev–Trinajstić information content (AvgIpc) is 2.67. The molecule has 0 aromatic heterocycles. The molecule has 5 nitrogen and oxygen atoms in total. The van der Waals surface area contributed by atoms with E-state index in [4.69, 9.17) is 0 Å². The first-order valence-electron chi connectivity index (χ1n) is 8.46. The molecule has 0 aliphatic carbocycles. The number of nitrogens with one attached hydrogen (secondary N) is 2. The molecule has 142 valence electrons. The number of thioether (sulfide) groups is 1. The highest BCUT2D eigenvalue weighted by molar-refractivity contribution is 7.99. The summed E-state index contributed by atoms with van der Waals surface area (Å²) in [7, 11) is 0. The fourth-order valence-electron chi connectivity index (χ4n) is 2.90. The molecule has 3 amide bonds. The van der Waals surface area contributed by atoms with E-state index < -0.39 is 11.7 Å². The maximum Gasteiger partial charge on any atom is 0.318 e. The molecule has 0 bridgehead atoms. The number of amides is 3. The standard InChI is InChI=1S/C19H19F2N3O2S/c20-18(21)27-16-8-4-3-7-15(16)23-17(25)11-22-19(26)24-10-9-13-5-1-2-6-14(13)12-24/h1-8,18H,9-12H2,(H,22,26)(H,23,25). The van der Waals surface area contributed by atoms with Gasteiger partial charge in [0.2, 0.25) is 5.91 Å². The molecule has 0 radical (unpaired) electrons. The van der Waals surface area contributed by atoms with Crippen molar-refractivity contribution in [1.29, 1.82) is 0 Å². The second-order valence-electron chi connectivity index (χ2n) is 6.02. The summed E-state index contributed by atoms with van der Waals surface area (Å²) < 4.78 is 25.2. The van der Waals surface area contributed by atoms with E-state index in [1.54, 1.807) is 23.1 Å². The van der Waals surface area contributed by atoms with Crippen molar-refractivity contribution in [1.82, 2.24) is 10.2 Å². The van der Waals surface area contributed by atoms with Crippen LogP contribution < -0.4 is 10.6 Å². The van der Waals surface area contributed by atoms with E-state index in [-0.39, 0.29) is 17.5 Å². The molecular weight excluding hydrogens is 372 g/mol. The zero-order valence-electron chi connectivity index (χ0n) is 14.5. The van der Waals surface area contributed by atoms with Gasteiger partial charge in [0.05, 0.1) is 12.2 Å². The van der Waals surface area contributed by atoms with Crippen LogP contribution in [0.3, 0.4) is 0 Å². The molecule has 0 saturated heterocycles. The van der Waals surface area contributed by atoms with E-state index in [2.05, 4.69) is 10.6 Å². The number of anilines is 1. The summed E-state index contributed by atoms with van der Waals surface area (Å²) in [5.74, 6) is -3.05. The van der Waals surface area contributed by atoms with Crippen molar-refractivity contribution < 1.29 is 18.4 Å². The number of carbonyl (C=O) groups excluding carboxylic acids is 2. The minimum atomic E-state index is -2.58. The molecule has 8 heteroatoms. The zero-order chi connectivity index (χ0) is 19.2. The molecule has 2 aromatic rings. The molecular formula is C19H19F2N3O2S. The quantitative estimate of drug-likeness (QED) is 0.764. The number of benzene rings is 2. The van der Waals surface area contributed by atoms with Crippen molar-refractivity contribution in [2.45, 2.75) is 23.6 Å². The second kappa shape index (κ2) is 8.85. The van der Waals surface area contributed by atoms with Gasteiger partial charge in [-0.1, -0.05) is 48.2 Å². The second-order valence-corrected chi connectivity index (χ2v) is 7.05. The Kier molecular flexibility index (Phi) is 6.28. The van der Waals surface area contributed by atoms with Crippen molar-refractivity contribution >= 4 is 29.4 Å². The molecule has 2 aromatic carbocycles. The Bertz CT molecular complexity index is 832. The van der Waals surface area contributed by atoms with Crippen LogP contribution in [0.2, 0.25) is 0 Å². The zero-order valence-corrected chi connectivity index (χ0v) is 15.3. The Morgan fingerprint density at radius 1 is 1.07 bits per heavy atom. The fraction of sp³-hybridized carbons (Fsp3) is 0.263. The number of halogens is 2. The van der Waals surface area contributed by atoms with Gasteiger partial charge in [-0.2, -0.15) is 8.78 Å². The van der Waals surface area contributed by atoms with E-state index in [1.165, 1.54) is 11.6 Å². The van der Waals surface area contributed by atoms with Gasteiger partial charge in [-0.25, -0.2) is 4.79 Å². The molecule has 0 saturated carbocycles. The third kappa shape index (κ3) is 5.19. The molecule has 3 rings (SSSR count). The Morgan fingerprint density at radius 3 is 2.56 bits per heavy atom. The van der Waals surface area contributed by atoms with Crippen molar-refractivity contribution in [3.8, 4) is 0 Å². The summed E-state index contributed by atoms with van der Waals surface area (Å²) in [6.07, 6.45) is 0.772. The number of hydrogen-bond donors (Lipinski definition) is 2. The maximum atomic E-state index is 12.6. The molecule has 1 aliphatic rings. The van der Waals surface area contributed by atoms with Crippen LogP contribution in [0.25, 0.3) is 0 Å². The summed E-state index contributed by atoms with van der Waals surface area (Å²) in [6.45, 7) is 0.848. The number of alkyl halides is 2. The lowest BCUT2D eigenvalue weighted by Gasteiger charge is -2.28. The topological polar surface area (TPSA) is 61.4 Å². The van der Waals surface area contributed by atoms with Crippen molar-refractivity contribution in [3.63, 3.8) is 0 Å². The molecule has 1 aliphatic heterocycles. The number of hydrogen-bond acceptors (Lipinski definition) is 3. The van der Waals surface area contributed by atoms with Gasteiger partial charge in [-0.3, -0.25) is 4.79 Å². The van der Waals surface area contributed by atoms with Crippen molar-refractivity contribution in [3.05, 3.63) is 59.7 Å². The lowest BCUT2D eigenvalue weighted by molar-refractivity contribution is -0.115. The molecule has 0 spiro atoms. The molecule has 0 unspecified atom stereocenters. The van der Waals surface area contributed by atoms with E-state index in [0.717, 1.165) is 12.0 Å². The van der Waals surface area contributed by atoms with Crippen LogP contribution >= 0.6 is 11.8 Å². The van der Waals surface area contributed by atoms with E-state index in [0.29, 0.717) is 30.5 Å². The number of carbonyl (C=O) groups is 2. The molecule has 27 heavy (non-hydrogen) atoms. The lowest BCUT2D eigenvalue weighted by Crippen LogP contribution is -2.45. The number of fused-ring (bicyclic) bond motifs is 1. The van der Waals surface area contributed by atoms with Gasteiger partial charge in [0.15, 0.2) is 0 Å². The fourth-order valence-corrected chi connectivity index (χ4v) is 3.49. The summed E-state index contributed by atoms with van der Waals surface area (Å²) in [6, 6.07) is 13.9. The van der Waals surface area contributed by atoms with Gasteiger partial charge in [-0.15, -0.1) is 0 Å². The third-order valence-electron chi connectivity index (χ3n) is 4.20. The van der Waals surface area contributed by atoms with Crippen LogP contribution in [0.4, 0.5) is 19.3 Å². The minimum Gasteiger partial charge on any atom is -0.329 e. The first kappa shape index (κ1) is 19.2. The summed E-state index contributed by atoms with van der Waals surface area (Å²) in [4.78, 5) is 26.3. The summed E-state index contributed by atoms with van der Waals surface area (Å²) >= 11 is 0.364. The van der Waals surface area contributed by atoms with Crippen LogP contribution in [-0.4, -0.2) is 35.7 Å². The van der Waals surface area contributed by atoms with Crippen LogP contribution in [0.1, 0.15) is 11.1 Å². The van der Waals surface area contributed by atoms with E-state index >= 15 is 0 Å². The normalized spacial score (nSPS) is 13.2. The smallest absolute Gasteiger partial charge is 0.318 e. The Labute approximate surface area is 160 Å². The number of urea groups is 1. The molecule has 0 fully saturated rings. The summed E-state index contributed by atoms with van der Waals surface area (Å²) in [5.41, 5.74) is 2.63. The van der Waals surface area contributed by atoms with E-state index in [1.807, 2.05) is 24.3 Å². The van der Waals surface area contributed by atoms with Crippen LogP contribution in [0.15, 0.2) is 53.4 Å². The highest BCUT2D eigenvalue weighted by atomic mass is 32.2. The van der Waals surface area contributed by atoms with Gasteiger partial charge in [0, 0.05) is 18.0 Å². The SMILES string of the molecule is O=C(CNC(=O)N1CCc2ccccc2C1)Nc1ccccc1SC(F)F. The van der Waals surface area contributed by atoms with Gasteiger partial charge in [0.1, 0.15) is 0 Å². The van der Waals surface area contributed by atoms with Crippen molar-refractivity contribution in [2.24, 2.45) is 0 Å². The first-order valence-corrected chi connectivity index (χ1v) is 9.34. The highest BCUT2D eigenvalue weighted by Crippen LogP contribution is 2.31. The van der Waals surface area contributed by atoms with Crippen LogP contribution in [-0.2, 0) is 17.8 Å². The number of rotatable bonds is 5. The largest absolute Gasteiger partial charge is 0.329 e. The third-order valence-corrected chi connectivity index (χ3v) is 4.98. The van der Waals surface area contributed by atoms with Crippen LogP contribution in [0, 0.1) is 0 Å². The summed E-state index contributed by atoms with van der Waals surface area (Å²) in [5, 5.41) is 5.15. The number of nitrogens with zero attached hydrogens (tertiary/aromatic N) is 1. The van der Waals surface area contributed by atoms with Gasteiger partial charge in [-0.05, 0) is 29.7 Å². The molecule has 2 N–H and O–H groups in total. The average molecular weight is 391 g/mol. The van der Waals surface area contributed by atoms with Crippen molar-refractivity contribution in [2.75, 3.05) is 18.4 Å². The van der Waals surface area contributed by atoms with Gasteiger partial charge in [0.25, 0.3) is 5.76 Å². The predicted molar refractivity (Wildman–Crippen MR) is 101 cm³/mol. The first-order chi connectivity index (χ1) is 13.0. The van der Waals surface area contributed by atoms with Gasteiger partial charge >= 0.3 is 6.03 Å². The molecule has 0 atom stereocenters. The lowest BCUT2D eigenvalue weighted by atomic mass is 10.0. The maximum absolute atomic E-state index is 12.6. The predicted octanol–water partition coefficient (Wildman–Crippen LogP) is 3.71. The Morgan fingerprint density at radius 2 is 1.78 bits per heavy atom. The Hall–Kier alpha value is -2.61. The number of para-hydroxylation sites is 1. The minimum absolute atomic E-state index is 0.231. The van der Waals surface area contributed by atoms with Crippen LogP contribution in [0.5, 0.6) is 0 Å². The monoisotopic (exact) mass is 391 g/mol. The molecule has 1 heterocycles. The highest BCUT2D eigenvalue weighted by Gasteiger charge is 2.20. The van der Waals surface area contributed by atoms with Gasteiger partial charge < -0.3 is 15.5 Å². The Balaban J connectivity index is 1.52.